The number of hydrogen-bond donors (Lipinski definition) is 0. The highest BCUT2D eigenvalue weighted by Crippen LogP contribution is 2.30. The molecule has 0 aliphatic heterocycles. The number of rotatable bonds is 7. The summed E-state index contributed by atoms with van der Waals surface area (Å²) in [6.07, 6.45) is 3.79. The van der Waals surface area contributed by atoms with Crippen LogP contribution >= 0.6 is 27.5 Å². The third-order valence-electron chi connectivity index (χ3n) is 4.21. The smallest absolute Gasteiger partial charge is 0.205 e. The number of carbonyl (C=O) groups is 1. The molecule has 0 aliphatic carbocycles. The molecule has 0 saturated heterocycles. The van der Waals surface area contributed by atoms with Gasteiger partial charge in [0.05, 0.1) is 12.1 Å². The number of benzene rings is 2. The lowest BCUT2D eigenvalue weighted by Crippen LogP contribution is -2.03. The molecule has 29 heavy (non-hydrogen) atoms. The second-order valence-corrected chi connectivity index (χ2v) is 7.46. The second-order valence-electron chi connectivity index (χ2n) is 6.20. The highest BCUT2D eigenvalue weighted by molar-refractivity contribution is 9.10. The third kappa shape index (κ3) is 5.14. The van der Waals surface area contributed by atoms with E-state index in [4.69, 9.17) is 27.6 Å². The van der Waals surface area contributed by atoms with Gasteiger partial charge in [0.15, 0.2) is 6.29 Å². The van der Waals surface area contributed by atoms with E-state index in [0.29, 0.717) is 33.9 Å². The van der Waals surface area contributed by atoms with Crippen molar-refractivity contribution in [1.82, 2.24) is 4.98 Å². The Morgan fingerprint density at radius 3 is 2.72 bits per heavy atom. The van der Waals surface area contributed by atoms with Crippen LogP contribution in [0.5, 0.6) is 11.5 Å². The largest absolute Gasteiger partial charge is 0.489 e. The molecule has 0 fully saturated rings. The lowest BCUT2D eigenvalue weighted by Gasteiger charge is -2.14. The van der Waals surface area contributed by atoms with Gasteiger partial charge < -0.3 is 9.47 Å². The molecule has 3 rings (SSSR count). The molecule has 0 atom stereocenters. The van der Waals surface area contributed by atoms with Crippen LogP contribution in [0.2, 0.25) is 5.02 Å². The number of carbonyl (C=O) groups excluding carboxylic acids is 1. The first kappa shape index (κ1) is 20.8. The normalized spacial score (nSPS) is 10.3. The van der Waals surface area contributed by atoms with Gasteiger partial charge in [-0.3, -0.25) is 9.78 Å². The van der Waals surface area contributed by atoms with Gasteiger partial charge in [-0.2, -0.15) is 0 Å². The average Bonchev–Trinajstić information content (AvgIpc) is 2.74. The first-order chi connectivity index (χ1) is 14.0. The molecule has 0 radical (unpaired) electrons. The Bertz CT molecular complexity index is 1100. The Morgan fingerprint density at radius 2 is 1.97 bits per heavy atom. The molecule has 0 N–H and O–H groups in total. The van der Waals surface area contributed by atoms with Gasteiger partial charge in [-0.1, -0.05) is 33.6 Å². The fraction of sp³-hybridized carbons (Fsp3) is 0.136. The Hall–Kier alpha value is -2.88. The number of aldehydes is 1. The van der Waals surface area contributed by atoms with E-state index in [1.54, 1.807) is 24.4 Å². The van der Waals surface area contributed by atoms with Gasteiger partial charge in [0, 0.05) is 33.0 Å². The van der Waals surface area contributed by atoms with Crippen LogP contribution in [0.3, 0.4) is 0 Å². The van der Waals surface area contributed by atoms with E-state index < -0.39 is 0 Å². The number of nitrogens with zero attached hydrogens (tertiary/aromatic N) is 2. The molecule has 146 valence electrons. The minimum absolute atomic E-state index is 0.171. The molecule has 1 heterocycles. The molecule has 7 heteroatoms. The summed E-state index contributed by atoms with van der Waals surface area (Å²) in [6.45, 7) is 9.41. The Labute approximate surface area is 182 Å². The van der Waals surface area contributed by atoms with E-state index >= 15 is 0 Å². The number of aromatic nitrogens is 1. The molecule has 0 amide bonds. The van der Waals surface area contributed by atoms with Gasteiger partial charge >= 0.3 is 0 Å². The van der Waals surface area contributed by atoms with Crippen molar-refractivity contribution >= 4 is 39.5 Å². The zero-order valence-electron chi connectivity index (χ0n) is 15.5. The van der Waals surface area contributed by atoms with Crippen molar-refractivity contribution in [1.29, 1.82) is 0 Å². The lowest BCUT2D eigenvalue weighted by molar-refractivity contribution is 0.111. The van der Waals surface area contributed by atoms with Crippen LogP contribution in [0.1, 0.15) is 27.0 Å². The predicted molar refractivity (Wildman–Crippen MR) is 115 cm³/mol. The Balaban J connectivity index is 1.79. The first-order valence-corrected chi connectivity index (χ1v) is 9.78. The van der Waals surface area contributed by atoms with Gasteiger partial charge in [0.1, 0.15) is 24.7 Å². The van der Waals surface area contributed by atoms with Crippen LogP contribution < -0.4 is 9.47 Å². The van der Waals surface area contributed by atoms with E-state index in [0.717, 1.165) is 21.3 Å². The van der Waals surface area contributed by atoms with Crippen LogP contribution in [0.15, 0.2) is 53.3 Å². The lowest BCUT2D eigenvalue weighted by atomic mass is 10.1. The Kier molecular flexibility index (Phi) is 6.86. The third-order valence-corrected chi connectivity index (χ3v) is 5.42. The zero-order chi connectivity index (χ0) is 20.8. The van der Waals surface area contributed by atoms with E-state index in [1.165, 1.54) is 6.20 Å². The van der Waals surface area contributed by atoms with Crippen molar-refractivity contribution in [2.45, 2.75) is 20.1 Å². The maximum Gasteiger partial charge on any atom is 0.205 e. The monoisotopic (exact) mass is 470 g/mol. The van der Waals surface area contributed by atoms with Crippen LogP contribution in [0, 0.1) is 13.5 Å². The number of ether oxygens (including phenoxy) is 2. The standard InChI is InChI=1S/C22H16BrClN2O3/c1-14-19(23)4-3-5-21(14)29-13-17-8-22(16(11-27)7-20(17)24)28-12-15-6-18(25-2)10-26-9-15/h3-11H,12-13H2,1H3. The predicted octanol–water partition coefficient (Wildman–Crippen LogP) is 6.33. The molecule has 0 unspecified atom stereocenters. The van der Waals surface area contributed by atoms with Crippen molar-refractivity contribution < 1.29 is 14.3 Å². The van der Waals surface area contributed by atoms with Crippen LogP contribution in [-0.4, -0.2) is 11.3 Å². The minimum Gasteiger partial charge on any atom is -0.489 e. The van der Waals surface area contributed by atoms with Gasteiger partial charge in [-0.05, 0) is 42.8 Å². The van der Waals surface area contributed by atoms with E-state index in [-0.39, 0.29) is 13.2 Å². The summed E-state index contributed by atoms with van der Waals surface area (Å²) < 4.78 is 12.7. The van der Waals surface area contributed by atoms with E-state index in [2.05, 4.69) is 25.8 Å². The van der Waals surface area contributed by atoms with Crippen LogP contribution in [0.25, 0.3) is 4.85 Å². The molecule has 5 nitrogen and oxygen atoms in total. The number of pyridine rings is 1. The maximum absolute atomic E-state index is 11.4. The second kappa shape index (κ2) is 9.55. The van der Waals surface area contributed by atoms with Crippen LogP contribution in [0.4, 0.5) is 5.69 Å². The summed E-state index contributed by atoms with van der Waals surface area (Å²) in [7, 11) is 0. The van der Waals surface area contributed by atoms with Crippen molar-refractivity contribution in [2.75, 3.05) is 0 Å². The van der Waals surface area contributed by atoms with Gasteiger partial charge in [0.25, 0.3) is 0 Å². The molecular weight excluding hydrogens is 456 g/mol. The van der Waals surface area contributed by atoms with E-state index in [9.17, 15) is 4.79 Å². The molecule has 2 aromatic carbocycles. The quantitative estimate of drug-likeness (QED) is 0.298. The summed E-state index contributed by atoms with van der Waals surface area (Å²) in [5, 5.41) is 0.420. The minimum atomic E-state index is 0.171. The summed E-state index contributed by atoms with van der Waals surface area (Å²) in [4.78, 5) is 18.8. The van der Waals surface area contributed by atoms with Crippen molar-refractivity contribution in [3.8, 4) is 11.5 Å². The molecule has 0 saturated carbocycles. The molecule has 3 aromatic rings. The fourth-order valence-electron chi connectivity index (χ4n) is 2.61. The summed E-state index contributed by atoms with van der Waals surface area (Å²) in [5.74, 6) is 1.13. The number of hydrogen-bond acceptors (Lipinski definition) is 4. The maximum atomic E-state index is 11.4. The topological polar surface area (TPSA) is 52.8 Å². The molecule has 0 bridgehead atoms. The fourth-order valence-corrected chi connectivity index (χ4v) is 3.19. The first-order valence-electron chi connectivity index (χ1n) is 8.61. The van der Waals surface area contributed by atoms with Crippen molar-refractivity contribution in [3.63, 3.8) is 0 Å². The average molecular weight is 472 g/mol. The van der Waals surface area contributed by atoms with Crippen molar-refractivity contribution in [3.05, 3.63) is 92.0 Å². The van der Waals surface area contributed by atoms with Crippen molar-refractivity contribution in [2.24, 2.45) is 0 Å². The molecule has 0 aliphatic rings. The summed E-state index contributed by atoms with van der Waals surface area (Å²) >= 11 is 9.81. The highest BCUT2D eigenvalue weighted by Gasteiger charge is 2.12. The van der Waals surface area contributed by atoms with Crippen LogP contribution in [-0.2, 0) is 13.2 Å². The van der Waals surface area contributed by atoms with Gasteiger partial charge in [-0.25, -0.2) is 4.85 Å². The highest BCUT2D eigenvalue weighted by atomic mass is 79.9. The molecular formula is C22H16BrClN2O3. The van der Waals surface area contributed by atoms with Gasteiger partial charge in [-0.15, -0.1) is 0 Å². The summed E-state index contributed by atoms with van der Waals surface area (Å²) in [5.41, 5.74) is 3.17. The molecule has 0 spiro atoms. The van der Waals surface area contributed by atoms with Gasteiger partial charge in [0.2, 0.25) is 5.69 Å². The summed E-state index contributed by atoms with van der Waals surface area (Å²) in [6, 6.07) is 10.7. The number of halogens is 2. The Morgan fingerprint density at radius 1 is 1.17 bits per heavy atom. The SMILES string of the molecule is [C-]#[N+]c1cncc(COc2cc(COc3cccc(Br)c3C)c(Cl)cc2C=O)c1. The zero-order valence-corrected chi connectivity index (χ0v) is 17.8. The molecule has 1 aromatic heterocycles. The van der Waals surface area contributed by atoms with E-state index in [1.807, 2.05) is 25.1 Å².